The van der Waals surface area contributed by atoms with Gasteiger partial charge in [-0.25, -0.2) is 0 Å². The molecule has 0 atom stereocenters. The first-order valence-electron chi connectivity index (χ1n) is 1.75. The van der Waals surface area contributed by atoms with Crippen LogP contribution in [0.5, 0.6) is 0 Å². The van der Waals surface area contributed by atoms with Crippen molar-refractivity contribution < 1.29 is 49.3 Å². The SMILES string of the molecule is CO[NH+]([I-]C)[I-]C. The zero-order valence-corrected chi connectivity index (χ0v) is 8.98. The maximum absolute atomic E-state index is 5.06. The fraction of sp³-hybridized carbons (Fsp3) is 1.00. The van der Waals surface area contributed by atoms with Crippen LogP contribution in [0.4, 0.5) is 0 Å². The first-order valence-corrected chi connectivity index (χ1v) is 8.22. The molecule has 0 fully saturated rings. The molecule has 0 saturated carbocycles. The van der Waals surface area contributed by atoms with Crippen LogP contribution in [0, 0.1) is 0 Å². The molecular formula is C3H10I2NO-. The van der Waals surface area contributed by atoms with Gasteiger partial charge in [0.25, 0.3) is 0 Å². The van der Waals surface area contributed by atoms with E-state index in [-0.39, 0.29) is 43.0 Å². The van der Waals surface area contributed by atoms with Gasteiger partial charge in [0.2, 0.25) is 0 Å². The Kier molecular flexibility index (Phi) is 6.60. The van der Waals surface area contributed by atoms with E-state index in [1.54, 1.807) is 7.11 Å². The van der Waals surface area contributed by atoms with Gasteiger partial charge in [-0.2, -0.15) is 0 Å². The van der Waals surface area contributed by atoms with E-state index in [1.807, 2.05) is 0 Å². The average molecular weight is 330 g/mol. The van der Waals surface area contributed by atoms with Gasteiger partial charge in [-0.1, -0.05) is 0 Å². The molecule has 0 saturated heterocycles. The van der Waals surface area contributed by atoms with Crippen LogP contribution in [-0.4, -0.2) is 17.0 Å². The Bertz CT molecular complexity index is 34.4. The van der Waals surface area contributed by atoms with Gasteiger partial charge >= 0.3 is 66.3 Å². The van der Waals surface area contributed by atoms with Gasteiger partial charge in [-0.3, -0.25) is 0 Å². The quantitative estimate of drug-likeness (QED) is 0.235. The third-order valence-electron chi connectivity index (χ3n) is 0.451. The van der Waals surface area contributed by atoms with E-state index in [0.717, 1.165) is 0 Å². The number of hydrogen-bond acceptors (Lipinski definition) is 1. The van der Waals surface area contributed by atoms with Crippen LogP contribution >= 0.6 is 0 Å². The van der Waals surface area contributed by atoms with Crippen LogP contribution in [0.2, 0.25) is 0 Å². The minimum absolute atomic E-state index is 0.285. The minimum atomic E-state index is 0.285. The molecule has 0 spiro atoms. The van der Waals surface area contributed by atoms with E-state index < -0.39 is 0 Å². The normalized spacial score (nSPS) is 11.4. The van der Waals surface area contributed by atoms with Gasteiger partial charge in [0.05, 0.1) is 0 Å². The van der Waals surface area contributed by atoms with Crippen molar-refractivity contribution in [3.8, 4) is 0 Å². The van der Waals surface area contributed by atoms with Crippen LogP contribution in [0.25, 0.3) is 0 Å². The molecule has 0 aliphatic heterocycles. The van der Waals surface area contributed by atoms with Crippen LogP contribution in [0.3, 0.4) is 0 Å². The van der Waals surface area contributed by atoms with E-state index in [1.165, 1.54) is 1.49 Å². The van der Waals surface area contributed by atoms with Gasteiger partial charge in [0.15, 0.2) is 0 Å². The fourth-order valence-electron chi connectivity index (χ4n) is 0.226. The first kappa shape index (κ1) is 8.38. The summed E-state index contributed by atoms with van der Waals surface area (Å²) in [5.41, 5.74) is 0. The summed E-state index contributed by atoms with van der Waals surface area (Å²) in [5, 5.41) is 0. The molecule has 0 rings (SSSR count). The topological polar surface area (TPSA) is 13.7 Å². The van der Waals surface area contributed by atoms with Crippen molar-refractivity contribution in [2.75, 3.05) is 17.0 Å². The second-order valence-electron chi connectivity index (χ2n) is 0.808. The number of rotatable bonds is 3. The van der Waals surface area contributed by atoms with Gasteiger partial charge < -0.3 is 0 Å². The van der Waals surface area contributed by atoms with Crippen LogP contribution in [-0.2, 0) is 4.84 Å². The molecule has 0 aromatic rings. The Hall–Kier alpha value is 1.38. The number of halogens is 2. The molecule has 0 aromatic heterocycles. The van der Waals surface area contributed by atoms with Crippen molar-refractivity contribution in [1.82, 2.24) is 0 Å². The summed E-state index contributed by atoms with van der Waals surface area (Å²) in [6.45, 7) is 0. The Morgan fingerprint density at radius 1 is 1.29 bits per heavy atom. The zero-order chi connectivity index (χ0) is 5.70. The summed E-state index contributed by atoms with van der Waals surface area (Å²) >= 11 is 0.569. The summed E-state index contributed by atoms with van der Waals surface area (Å²) in [5.74, 6) is 0. The Morgan fingerprint density at radius 2 is 1.71 bits per heavy atom. The number of alkyl halides is 2. The van der Waals surface area contributed by atoms with E-state index in [2.05, 4.69) is 9.86 Å². The maximum atomic E-state index is 5.06. The molecule has 1 N–H and O–H groups in total. The van der Waals surface area contributed by atoms with E-state index in [9.17, 15) is 0 Å². The molecule has 0 bridgehead atoms. The summed E-state index contributed by atoms with van der Waals surface area (Å²) < 4.78 is 1.40. The van der Waals surface area contributed by atoms with Crippen molar-refractivity contribution in [2.24, 2.45) is 0 Å². The molecule has 2 nitrogen and oxygen atoms in total. The van der Waals surface area contributed by atoms with Crippen LogP contribution in [0.15, 0.2) is 0 Å². The Labute approximate surface area is 65.8 Å². The van der Waals surface area contributed by atoms with Gasteiger partial charge in [-0.05, 0) is 0 Å². The van der Waals surface area contributed by atoms with Crippen LogP contribution < -0.4 is 44.4 Å². The van der Waals surface area contributed by atoms with E-state index in [4.69, 9.17) is 4.84 Å². The molecule has 0 unspecified atom stereocenters. The second-order valence-corrected chi connectivity index (χ2v) is 6.99. The monoisotopic (exact) mass is 330 g/mol. The van der Waals surface area contributed by atoms with Crippen molar-refractivity contribution in [1.29, 1.82) is 0 Å². The van der Waals surface area contributed by atoms with E-state index in [0.29, 0.717) is 0 Å². The molecule has 7 heavy (non-hydrogen) atoms. The third-order valence-corrected chi connectivity index (χ3v) is 8.50. The molecule has 48 valence electrons. The van der Waals surface area contributed by atoms with Gasteiger partial charge in [0, 0.05) is 0 Å². The summed E-state index contributed by atoms with van der Waals surface area (Å²) in [6.07, 6.45) is 0. The Balaban J connectivity index is 2.99. The third kappa shape index (κ3) is 3.92. The van der Waals surface area contributed by atoms with Crippen molar-refractivity contribution in [3.63, 3.8) is 0 Å². The molecule has 0 aromatic carbocycles. The van der Waals surface area contributed by atoms with Crippen molar-refractivity contribution >= 4 is 0 Å². The van der Waals surface area contributed by atoms with E-state index >= 15 is 0 Å². The molecular weight excluding hydrogens is 320 g/mol. The summed E-state index contributed by atoms with van der Waals surface area (Å²) in [7, 11) is 1.78. The molecule has 0 aliphatic carbocycles. The van der Waals surface area contributed by atoms with Crippen molar-refractivity contribution in [3.05, 3.63) is 0 Å². The number of hydrogen-bond donors (Lipinski definition) is 1. The second kappa shape index (κ2) is 5.52. The molecule has 0 radical (unpaired) electrons. The molecule has 0 aliphatic rings. The average Bonchev–Trinajstić information content (AvgIpc) is 1.72. The predicted octanol–water partition coefficient (Wildman–Crippen LogP) is -7.30. The molecule has 0 amide bonds. The van der Waals surface area contributed by atoms with Crippen LogP contribution in [0.1, 0.15) is 0 Å². The molecule has 4 heteroatoms. The first-order chi connectivity index (χ1) is 3.35. The standard InChI is InChI=1S/C3H10I2NO/c1-4-6(5-2)7-3/h6H,1-3H3/q-1. The predicted molar refractivity (Wildman–Crippen MR) is 19.8 cm³/mol. The van der Waals surface area contributed by atoms with Gasteiger partial charge in [-0.15, -0.1) is 0 Å². The van der Waals surface area contributed by atoms with Gasteiger partial charge in [0.1, 0.15) is 0 Å². The molecule has 0 heterocycles. The summed E-state index contributed by atoms with van der Waals surface area (Å²) in [4.78, 5) is 9.54. The number of nitrogens with one attached hydrogen (secondary N) is 1. The Morgan fingerprint density at radius 3 is 1.71 bits per heavy atom. The van der Waals surface area contributed by atoms with Crippen molar-refractivity contribution in [2.45, 2.75) is 0 Å². The zero-order valence-electron chi connectivity index (χ0n) is 4.66. The fourth-order valence-corrected chi connectivity index (χ4v) is 4.25. The summed E-state index contributed by atoms with van der Waals surface area (Å²) in [6, 6.07) is 0. The number of quaternary nitrogens is 1.